The zero-order valence-electron chi connectivity index (χ0n) is 11.4. The number of nitrogens with two attached hydrogens (primary N) is 1. The number of benzene rings is 1. The number of nitrogens with zero attached hydrogens (tertiary/aromatic N) is 2. The highest BCUT2D eigenvalue weighted by atomic mass is 32.1. The molecule has 3 rings (SSSR count). The first kappa shape index (κ1) is 13.8. The molecular formula is C14H14FN3O2S. The number of carbonyl (C=O) groups excluding carboxylic acids is 2. The van der Waals surface area contributed by atoms with Crippen LogP contribution in [-0.2, 0) is 4.79 Å². The number of fused-ring (bicyclic) bond motifs is 1. The Balaban J connectivity index is 1.97. The van der Waals surface area contributed by atoms with Crippen LogP contribution in [0, 0.1) is 5.82 Å². The number of carbonyl (C=O) groups is 2. The van der Waals surface area contributed by atoms with Crippen LogP contribution in [0.25, 0.3) is 10.1 Å². The maximum atomic E-state index is 13.8. The first-order valence-electron chi connectivity index (χ1n) is 6.48. The highest BCUT2D eigenvalue weighted by Crippen LogP contribution is 2.36. The minimum Gasteiger partial charge on any atom is -0.397 e. The molecule has 0 unspecified atom stereocenters. The number of piperazine rings is 1. The zero-order valence-corrected chi connectivity index (χ0v) is 12.2. The smallest absolute Gasteiger partial charge is 0.266 e. The number of hydrogen-bond donors (Lipinski definition) is 1. The zero-order chi connectivity index (χ0) is 15.1. The van der Waals surface area contributed by atoms with Gasteiger partial charge < -0.3 is 15.5 Å². The number of hydrogen-bond acceptors (Lipinski definition) is 4. The lowest BCUT2D eigenvalue weighted by Crippen LogP contribution is -2.50. The van der Waals surface area contributed by atoms with Gasteiger partial charge in [0.1, 0.15) is 17.2 Å². The van der Waals surface area contributed by atoms with E-state index in [2.05, 4.69) is 0 Å². The second-order valence-corrected chi connectivity index (χ2v) is 6.05. The number of likely N-dealkylation sites (N-methyl/N-ethyl adjacent to an activating group) is 1. The van der Waals surface area contributed by atoms with Crippen LogP contribution in [0.2, 0.25) is 0 Å². The molecule has 0 atom stereocenters. The minimum atomic E-state index is -0.435. The van der Waals surface area contributed by atoms with Crippen LogP contribution in [0.15, 0.2) is 18.2 Å². The number of thiophene rings is 1. The quantitative estimate of drug-likeness (QED) is 0.869. The average Bonchev–Trinajstić information content (AvgIpc) is 2.80. The van der Waals surface area contributed by atoms with Crippen molar-refractivity contribution in [1.82, 2.24) is 9.80 Å². The lowest BCUT2D eigenvalue weighted by Gasteiger charge is -2.31. The van der Waals surface area contributed by atoms with E-state index < -0.39 is 5.82 Å². The summed E-state index contributed by atoms with van der Waals surface area (Å²) in [6.07, 6.45) is 0. The van der Waals surface area contributed by atoms with E-state index in [1.54, 1.807) is 24.1 Å². The van der Waals surface area contributed by atoms with Crippen molar-refractivity contribution in [3.05, 3.63) is 28.9 Å². The molecule has 1 aliphatic rings. The van der Waals surface area contributed by atoms with Crippen LogP contribution in [0.4, 0.5) is 10.1 Å². The standard InChI is InChI=1S/C14H14FN3O2S/c1-17-5-6-18(7-10(17)19)14(20)13-12(16)11-8(15)3-2-4-9(11)21-13/h2-4H,5-7,16H2,1H3. The van der Waals surface area contributed by atoms with Crippen LogP contribution < -0.4 is 5.73 Å². The lowest BCUT2D eigenvalue weighted by atomic mass is 10.2. The molecule has 2 amide bonds. The Morgan fingerprint density at radius 1 is 1.38 bits per heavy atom. The van der Waals surface area contributed by atoms with Crippen LogP contribution in [-0.4, -0.2) is 48.3 Å². The van der Waals surface area contributed by atoms with Crippen molar-refractivity contribution in [2.45, 2.75) is 0 Å². The summed E-state index contributed by atoms with van der Waals surface area (Å²) in [5.41, 5.74) is 6.09. The number of amides is 2. The van der Waals surface area contributed by atoms with Gasteiger partial charge in [0.15, 0.2) is 0 Å². The molecule has 1 saturated heterocycles. The summed E-state index contributed by atoms with van der Waals surface area (Å²) in [5.74, 6) is -0.857. The predicted molar refractivity (Wildman–Crippen MR) is 79.7 cm³/mol. The number of anilines is 1. The van der Waals surface area contributed by atoms with Crippen LogP contribution in [0.1, 0.15) is 9.67 Å². The molecule has 0 radical (unpaired) electrons. The van der Waals surface area contributed by atoms with Crippen LogP contribution in [0.3, 0.4) is 0 Å². The Morgan fingerprint density at radius 3 is 2.81 bits per heavy atom. The van der Waals surface area contributed by atoms with Gasteiger partial charge in [-0.05, 0) is 12.1 Å². The largest absolute Gasteiger partial charge is 0.397 e. The summed E-state index contributed by atoms with van der Waals surface area (Å²) in [6, 6.07) is 4.63. The number of rotatable bonds is 1. The van der Waals surface area contributed by atoms with Gasteiger partial charge in [0.25, 0.3) is 5.91 Å². The first-order chi connectivity index (χ1) is 9.99. The van der Waals surface area contributed by atoms with Crippen LogP contribution in [0.5, 0.6) is 0 Å². The fourth-order valence-corrected chi connectivity index (χ4v) is 3.47. The molecule has 2 aromatic rings. The van der Waals surface area contributed by atoms with E-state index in [1.165, 1.54) is 11.0 Å². The van der Waals surface area contributed by atoms with Gasteiger partial charge in [-0.1, -0.05) is 6.07 Å². The average molecular weight is 307 g/mol. The summed E-state index contributed by atoms with van der Waals surface area (Å²) < 4.78 is 14.5. The normalized spacial score (nSPS) is 15.8. The molecule has 0 saturated carbocycles. The van der Waals surface area contributed by atoms with E-state index in [9.17, 15) is 14.0 Å². The van der Waals surface area contributed by atoms with Gasteiger partial charge in [0, 0.05) is 24.8 Å². The maximum Gasteiger partial charge on any atom is 0.266 e. The van der Waals surface area contributed by atoms with Crippen molar-refractivity contribution in [3.8, 4) is 0 Å². The molecule has 1 fully saturated rings. The molecule has 1 aromatic heterocycles. The van der Waals surface area contributed by atoms with E-state index in [0.717, 1.165) is 11.3 Å². The summed E-state index contributed by atoms with van der Waals surface area (Å²) in [6.45, 7) is 0.979. The maximum absolute atomic E-state index is 13.8. The van der Waals surface area contributed by atoms with Crippen molar-refractivity contribution in [2.75, 3.05) is 32.4 Å². The third kappa shape index (κ3) is 2.23. The van der Waals surface area contributed by atoms with E-state index in [4.69, 9.17) is 5.73 Å². The van der Waals surface area contributed by atoms with Crippen molar-refractivity contribution in [2.24, 2.45) is 0 Å². The first-order valence-corrected chi connectivity index (χ1v) is 7.30. The molecule has 2 N–H and O–H groups in total. The Bertz CT molecular complexity index is 743. The summed E-state index contributed by atoms with van der Waals surface area (Å²) in [7, 11) is 1.70. The Kier molecular flexibility index (Phi) is 3.29. The summed E-state index contributed by atoms with van der Waals surface area (Å²) >= 11 is 1.16. The van der Waals surface area contributed by atoms with Gasteiger partial charge in [0.05, 0.1) is 11.1 Å². The Morgan fingerprint density at radius 2 is 2.14 bits per heavy atom. The third-order valence-corrected chi connectivity index (χ3v) is 4.80. The van der Waals surface area contributed by atoms with Crippen molar-refractivity contribution < 1.29 is 14.0 Å². The second kappa shape index (κ2) is 5.00. The van der Waals surface area contributed by atoms with Gasteiger partial charge in [0.2, 0.25) is 5.91 Å². The van der Waals surface area contributed by atoms with E-state index in [-0.39, 0.29) is 29.4 Å². The molecule has 7 heteroatoms. The SMILES string of the molecule is CN1CCN(C(=O)c2sc3cccc(F)c3c2N)CC1=O. The molecular weight excluding hydrogens is 293 g/mol. The molecule has 21 heavy (non-hydrogen) atoms. The molecule has 110 valence electrons. The van der Waals surface area contributed by atoms with Crippen molar-refractivity contribution in [1.29, 1.82) is 0 Å². The second-order valence-electron chi connectivity index (χ2n) is 5.00. The molecule has 2 heterocycles. The highest BCUT2D eigenvalue weighted by molar-refractivity contribution is 7.21. The molecule has 1 aliphatic heterocycles. The molecule has 0 spiro atoms. The fraction of sp³-hybridized carbons (Fsp3) is 0.286. The number of nitrogen functional groups attached to an aromatic ring is 1. The van der Waals surface area contributed by atoms with E-state index >= 15 is 0 Å². The predicted octanol–water partition coefficient (Wildman–Crippen LogP) is 1.54. The van der Waals surface area contributed by atoms with Gasteiger partial charge in [-0.15, -0.1) is 11.3 Å². The van der Waals surface area contributed by atoms with E-state index in [1.807, 2.05) is 0 Å². The van der Waals surface area contributed by atoms with Crippen molar-refractivity contribution in [3.63, 3.8) is 0 Å². The molecule has 1 aromatic carbocycles. The number of halogens is 1. The highest BCUT2D eigenvalue weighted by Gasteiger charge is 2.28. The van der Waals surface area contributed by atoms with Gasteiger partial charge in [-0.2, -0.15) is 0 Å². The molecule has 0 aliphatic carbocycles. The monoisotopic (exact) mass is 307 g/mol. The Hall–Kier alpha value is -2.15. The topological polar surface area (TPSA) is 66.6 Å². The molecule has 5 nitrogen and oxygen atoms in total. The summed E-state index contributed by atoms with van der Waals surface area (Å²) in [4.78, 5) is 27.6. The van der Waals surface area contributed by atoms with Gasteiger partial charge >= 0.3 is 0 Å². The minimum absolute atomic E-state index is 0.0332. The van der Waals surface area contributed by atoms with Crippen molar-refractivity contribution >= 4 is 38.9 Å². The van der Waals surface area contributed by atoms with Gasteiger partial charge in [-0.25, -0.2) is 4.39 Å². The fourth-order valence-electron chi connectivity index (χ4n) is 2.36. The lowest BCUT2D eigenvalue weighted by molar-refractivity contribution is -0.133. The third-order valence-electron chi connectivity index (χ3n) is 3.64. The summed E-state index contributed by atoms with van der Waals surface area (Å²) in [5, 5.41) is 0.284. The van der Waals surface area contributed by atoms with Gasteiger partial charge in [-0.3, -0.25) is 9.59 Å². The Labute approximate surface area is 124 Å². The van der Waals surface area contributed by atoms with Crippen LogP contribution >= 0.6 is 11.3 Å². The van der Waals surface area contributed by atoms with E-state index in [0.29, 0.717) is 22.7 Å². The molecule has 0 bridgehead atoms.